The summed E-state index contributed by atoms with van der Waals surface area (Å²) in [6.45, 7) is 0. The van der Waals surface area contributed by atoms with Crippen LogP contribution >= 0.6 is 0 Å². The summed E-state index contributed by atoms with van der Waals surface area (Å²) in [7, 11) is -5.61. The molecule has 0 aliphatic carbocycles. The Kier molecular flexibility index (Phi) is 14.7. The number of hydrogen-bond acceptors (Lipinski definition) is 4. The van der Waals surface area contributed by atoms with Crippen molar-refractivity contribution in [1.29, 1.82) is 0 Å². The van der Waals surface area contributed by atoms with Crippen molar-refractivity contribution >= 4 is 57.9 Å². The summed E-state index contributed by atoms with van der Waals surface area (Å²) in [6.07, 6.45) is 0. The van der Waals surface area contributed by atoms with Crippen LogP contribution in [-0.4, -0.2) is 57.9 Å². The summed E-state index contributed by atoms with van der Waals surface area (Å²) in [5.74, 6) is 0. The van der Waals surface area contributed by atoms with Crippen LogP contribution in [0.25, 0.3) is 0 Å². The molecular weight excluding hydrogens is 295 g/mol. The van der Waals surface area contributed by atoms with Gasteiger partial charge in [0.25, 0.3) is 0 Å². The Morgan fingerprint density at radius 3 is 0.857 bits per heavy atom. The van der Waals surface area contributed by atoms with Crippen LogP contribution in [0.5, 0.6) is 0 Å². The first-order valence-electron chi connectivity index (χ1n) is 0.816. The zero-order valence-corrected chi connectivity index (χ0v) is 12.0. The van der Waals surface area contributed by atoms with Gasteiger partial charge in [0, 0.05) is 0 Å². The van der Waals surface area contributed by atoms with E-state index in [0.717, 1.165) is 0 Å². The number of rotatable bonds is 0. The zero-order valence-electron chi connectivity index (χ0n) is 3.55. The fourth-order valence-electron chi connectivity index (χ4n) is 0. The normalized spacial score (nSPS) is 8.57. The summed E-state index contributed by atoms with van der Waals surface area (Å²) >= 11 is 0. The minimum Gasteiger partial charge on any atom is -0.894 e. The van der Waals surface area contributed by atoms with E-state index in [9.17, 15) is 0 Å². The summed E-state index contributed by atoms with van der Waals surface area (Å²) in [4.78, 5) is 34.3. The minimum absolute atomic E-state index is 0. The van der Waals surface area contributed by atoms with E-state index in [4.69, 9.17) is 19.2 Å². The molecule has 0 heterocycles. The Balaban J connectivity index is -0.0000000800. The topological polar surface area (TPSA) is 92.2 Å². The summed E-state index contributed by atoms with van der Waals surface area (Å²) in [5.41, 5.74) is 0. The third kappa shape index (κ3) is 63.6. The molecule has 0 atom stereocenters. The molecule has 0 N–H and O–H groups in total. The quantitative estimate of drug-likeness (QED) is 0.417. The van der Waals surface area contributed by atoms with Crippen molar-refractivity contribution in [3.63, 3.8) is 0 Å². The van der Waals surface area contributed by atoms with Gasteiger partial charge in [0.1, 0.15) is 0 Å². The molecule has 0 radical (unpaired) electrons. The molecule has 0 spiro atoms. The fourth-order valence-corrected chi connectivity index (χ4v) is 0. The van der Waals surface area contributed by atoms with Gasteiger partial charge in [0.05, 0.1) is 0 Å². The zero-order chi connectivity index (χ0) is 4.50. The Morgan fingerprint density at radius 1 is 0.857 bits per heavy atom. The van der Waals surface area contributed by atoms with Gasteiger partial charge >= 0.3 is 68.4 Å². The molecule has 32 valence electrons. The van der Waals surface area contributed by atoms with Gasteiger partial charge in [-0.1, -0.05) is 0 Å². The van der Waals surface area contributed by atoms with Crippen LogP contribution in [0.1, 0.15) is 0 Å². The van der Waals surface area contributed by atoms with Gasteiger partial charge in [-0.05, 0) is 0 Å². The van der Waals surface area contributed by atoms with E-state index in [1.54, 1.807) is 0 Å². The molecule has 0 aromatic rings. The summed E-state index contributed by atoms with van der Waals surface area (Å²) in [5, 5.41) is 0. The largest absolute Gasteiger partial charge is 2.00 e. The van der Waals surface area contributed by atoms with Crippen LogP contribution in [-0.2, 0) is 19.5 Å². The van der Waals surface area contributed by atoms with Crippen LogP contribution in [0.2, 0.25) is 0 Å². The molecule has 0 amide bonds. The predicted octanol–water partition coefficient (Wildman–Crippen LogP) is -5.52. The molecule has 0 bridgehead atoms. The van der Waals surface area contributed by atoms with E-state index in [0.29, 0.717) is 0 Å². The van der Waals surface area contributed by atoms with Crippen molar-refractivity contribution in [1.82, 2.24) is 0 Å². The maximum atomic E-state index is 8.58. The molecule has 0 saturated heterocycles. The maximum Gasteiger partial charge on any atom is 2.00 e. The summed E-state index contributed by atoms with van der Waals surface area (Å²) in [6, 6.07) is 0. The van der Waals surface area contributed by atoms with Gasteiger partial charge in [-0.3, -0.25) is 0 Å². The molecule has 0 aliphatic rings. The smallest absolute Gasteiger partial charge is 0.894 e. The molecule has 0 unspecified atom stereocenters. The second-order valence-electron chi connectivity index (χ2n) is 0.500. The van der Waals surface area contributed by atoms with Gasteiger partial charge in [-0.25, -0.2) is 0 Å². The van der Waals surface area contributed by atoms with Crippen LogP contribution < -0.4 is 19.2 Å². The second kappa shape index (κ2) is 6.37. The van der Waals surface area contributed by atoms with Crippen molar-refractivity contribution in [3.05, 3.63) is 0 Å². The third-order valence-corrected chi connectivity index (χ3v) is 0. The number of hydrogen-bond donors (Lipinski definition) is 0. The standard InChI is InChI=1S/Ba.O4Si.Zn/c;1-5(2,3)4;/q+2;-4;+2. The molecule has 0 aromatic carbocycles. The minimum atomic E-state index is -5.61. The van der Waals surface area contributed by atoms with Crippen molar-refractivity contribution in [2.75, 3.05) is 0 Å². The third-order valence-electron chi connectivity index (χ3n) is 0. The van der Waals surface area contributed by atoms with E-state index in [1.807, 2.05) is 0 Å². The van der Waals surface area contributed by atoms with Gasteiger partial charge in [0.15, 0.2) is 0 Å². The van der Waals surface area contributed by atoms with Gasteiger partial charge in [0.2, 0.25) is 0 Å². The fraction of sp³-hybridized carbons (Fsp3) is 0. The molecule has 7 heavy (non-hydrogen) atoms. The molecule has 0 rings (SSSR count). The van der Waals surface area contributed by atoms with Gasteiger partial charge in [-0.2, -0.15) is 0 Å². The van der Waals surface area contributed by atoms with Crippen molar-refractivity contribution in [2.45, 2.75) is 0 Å². The van der Waals surface area contributed by atoms with Crippen LogP contribution in [0.4, 0.5) is 0 Å². The van der Waals surface area contributed by atoms with Crippen LogP contribution in [0, 0.1) is 0 Å². The van der Waals surface area contributed by atoms with E-state index >= 15 is 0 Å². The molecule has 0 aromatic heterocycles. The van der Waals surface area contributed by atoms with Crippen molar-refractivity contribution < 1.29 is 38.7 Å². The van der Waals surface area contributed by atoms with E-state index in [2.05, 4.69) is 0 Å². The monoisotopic (exact) mass is 294 g/mol. The SMILES string of the molecule is [Ba+2].[O-][Si]([O-])([O-])[O-].[Zn+2]. The first-order chi connectivity index (χ1) is 2.00. The van der Waals surface area contributed by atoms with Crippen molar-refractivity contribution in [2.24, 2.45) is 0 Å². The Bertz CT molecular complexity index is 27.2. The van der Waals surface area contributed by atoms with Gasteiger partial charge in [-0.15, -0.1) is 0 Å². The van der Waals surface area contributed by atoms with Crippen LogP contribution in [0.3, 0.4) is 0 Å². The van der Waals surface area contributed by atoms with E-state index < -0.39 is 9.05 Å². The first-order valence-corrected chi connectivity index (χ1v) is 2.45. The Labute approximate surface area is 94.9 Å². The summed E-state index contributed by atoms with van der Waals surface area (Å²) < 4.78 is 0. The van der Waals surface area contributed by atoms with E-state index in [-0.39, 0.29) is 68.4 Å². The maximum absolute atomic E-state index is 8.58. The van der Waals surface area contributed by atoms with Gasteiger partial charge < -0.3 is 28.2 Å². The molecule has 0 saturated carbocycles. The predicted molar refractivity (Wildman–Crippen MR) is 11.5 cm³/mol. The van der Waals surface area contributed by atoms with Crippen LogP contribution in [0.15, 0.2) is 0 Å². The first kappa shape index (κ1) is 16.1. The molecule has 0 aliphatic heterocycles. The average Bonchev–Trinajstić information content (AvgIpc) is 0.722. The van der Waals surface area contributed by atoms with Crippen molar-refractivity contribution in [3.8, 4) is 0 Å². The average molecular weight is 295 g/mol. The Morgan fingerprint density at radius 2 is 0.857 bits per heavy atom. The van der Waals surface area contributed by atoms with E-state index in [1.165, 1.54) is 0 Å². The Hall–Kier alpha value is 2.25. The second-order valence-corrected chi connectivity index (χ2v) is 1.50. The molecule has 4 nitrogen and oxygen atoms in total. The molecule has 0 fully saturated rings. The molecule has 7 heteroatoms. The molecular formula is BaO4SiZn.